The number of halogens is 1. The lowest BCUT2D eigenvalue weighted by molar-refractivity contribution is 0.110. The van der Waals surface area contributed by atoms with Gasteiger partial charge in [0.2, 0.25) is 0 Å². The van der Waals surface area contributed by atoms with Crippen molar-refractivity contribution in [2.75, 3.05) is 35.8 Å². The van der Waals surface area contributed by atoms with E-state index in [1.807, 2.05) is 67.0 Å². The number of benzene rings is 2. The molecule has 8 nitrogen and oxygen atoms in total. The van der Waals surface area contributed by atoms with Gasteiger partial charge in [0.15, 0.2) is 0 Å². The second-order valence-electron chi connectivity index (χ2n) is 7.76. The second-order valence-corrected chi connectivity index (χ2v) is 7.76. The van der Waals surface area contributed by atoms with E-state index in [1.165, 1.54) is 12.7 Å². The van der Waals surface area contributed by atoms with Gasteiger partial charge in [-0.1, -0.05) is 42.5 Å². The smallest absolute Gasteiger partial charge is 0.428 e. The molecule has 1 fully saturated rings. The summed E-state index contributed by atoms with van der Waals surface area (Å²) in [5, 5.41) is 5.10. The lowest BCUT2D eigenvalue weighted by atomic mass is 10.0. The quantitative estimate of drug-likeness (QED) is 0.482. The van der Waals surface area contributed by atoms with Gasteiger partial charge in [-0.3, -0.25) is 10.4 Å². The maximum Gasteiger partial charge on any atom is 0.428 e. The Morgan fingerprint density at radius 1 is 1.00 bits per heavy atom. The molecule has 1 saturated heterocycles. The fourth-order valence-electron chi connectivity index (χ4n) is 3.98. The number of anilines is 3. The number of pyridine rings is 1. The zero-order chi connectivity index (χ0) is 22.2. The van der Waals surface area contributed by atoms with Crippen LogP contribution in [-0.2, 0) is 11.3 Å². The minimum Gasteiger partial charge on any atom is -0.452 e. The van der Waals surface area contributed by atoms with E-state index >= 15 is 0 Å². The summed E-state index contributed by atoms with van der Waals surface area (Å²) in [5.41, 5.74) is 7.44. The number of piperidine rings is 1. The van der Waals surface area contributed by atoms with Gasteiger partial charge in [0.25, 0.3) is 0 Å². The fourth-order valence-corrected chi connectivity index (χ4v) is 3.98. The minimum absolute atomic E-state index is 0. The van der Waals surface area contributed by atoms with Crippen molar-refractivity contribution in [1.29, 1.82) is 0 Å². The number of aromatic nitrogens is 1. The summed E-state index contributed by atoms with van der Waals surface area (Å²) >= 11 is 0. The Bertz CT molecular complexity index is 1000. The number of para-hydroxylation sites is 2. The van der Waals surface area contributed by atoms with Gasteiger partial charge in [0, 0.05) is 37.7 Å². The van der Waals surface area contributed by atoms with E-state index in [0.717, 1.165) is 43.0 Å². The van der Waals surface area contributed by atoms with Crippen molar-refractivity contribution in [3.8, 4) is 0 Å². The number of ether oxygens (including phenoxy) is 1. The number of carbonyl (C=O) groups is 1. The Hall–Kier alpha value is -3.49. The molecule has 0 atom stereocenters. The van der Waals surface area contributed by atoms with Crippen molar-refractivity contribution in [2.24, 2.45) is 0 Å². The van der Waals surface area contributed by atoms with Crippen molar-refractivity contribution >= 4 is 35.6 Å². The molecule has 0 radical (unpaired) electrons. The number of hydrogen-bond acceptors (Lipinski definition) is 6. The lowest BCUT2D eigenvalue weighted by Crippen LogP contribution is -2.50. The molecule has 0 aliphatic carbocycles. The highest BCUT2D eigenvalue weighted by Gasteiger charge is 2.29. The summed E-state index contributed by atoms with van der Waals surface area (Å²) in [4.78, 5) is 19.1. The van der Waals surface area contributed by atoms with E-state index in [1.54, 1.807) is 5.01 Å². The molecule has 3 aromatic rings. The van der Waals surface area contributed by atoms with Gasteiger partial charge in [-0.15, -0.1) is 12.4 Å². The SMILES string of the molecule is COC(=O)N(Nc1ccccc1NCc1ccccc1)C1CCN(c2ccncc2)CC1.Cl.O. The molecule has 0 saturated carbocycles. The molecule has 1 aliphatic heterocycles. The van der Waals surface area contributed by atoms with E-state index in [0.29, 0.717) is 6.54 Å². The molecule has 2 heterocycles. The summed E-state index contributed by atoms with van der Waals surface area (Å²) < 4.78 is 5.10. The molecule has 4 rings (SSSR count). The normalized spacial score (nSPS) is 13.1. The van der Waals surface area contributed by atoms with Crippen LogP contribution in [0.4, 0.5) is 21.9 Å². The molecule has 1 amide bonds. The standard InChI is InChI=1S/C25H29N5O2.ClH.H2O/c1-32-25(31)30(22-13-17-29(18-14-22)21-11-15-26-16-12-21)28-24-10-6-5-9-23(24)27-19-20-7-3-2-4-8-20;;/h2-12,15-16,22,27-28H,13-14,17-19H2,1H3;1H;1H2. The largest absolute Gasteiger partial charge is 0.452 e. The number of nitrogens with one attached hydrogen (secondary N) is 2. The maximum atomic E-state index is 12.7. The Balaban J connectivity index is 0.00000204. The average Bonchev–Trinajstić information content (AvgIpc) is 2.87. The Labute approximate surface area is 206 Å². The van der Waals surface area contributed by atoms with E-state index in [9.17, 15) is 4.79 Å². The predicted molar refractivity (Wildman–Crippen MR) is 138 cm³/mol. The Morgan fingerprint density at radius 3 is 2.26 bits per heavy atom. The lowest BCUT2D eigenvalue weighted by Gasteiger charge is -2.39. The molecule has 4 N–H and O–H groups in total. The highest BCUT2D eigenvalue weighted by Crippen LogP contribution is 2.27. The summed E-state index contributed by atoms with van der Waals surface area (Å²) in [5.74, 6) is 0. The van der Waals surface area contributed by atoms with Gasteiger partial charge < -0.3 is 20.4 Å². The van der Waals surface area contributed by atoms with Crippen LogP contribution in [0, 0.1) is 0 Å². The number of amides is 1. The first kappa shape index (κ1) is 26.8. The molecule has 1 aromatic heterocycles. The topological polar surface area (TPSA) is 101 Å². The highest BCUT2D eigenvalue weighted by atomic mass is 35.5. The number of hydrazine groups is 1. The molecule has 9 heteroatoms. The van der Waals surface area contributed by atoms with Crippen LogP contribution < -0.4 is 15.6 Å². The van der Waals surface area contributed by atoms with E-state index in [-0.39, 0.29) is 30.0 Å². The number of nitrogens with zero attached hydrogens (tertiary/aromatic N) is 3. The number of rotatable bonds is 7. The third-order valence-corrected chi connectivity index (χ3v) is 5.72. The predicted octanol–water partition coefficient (Wildman–Crippen LogP) is 4.36. The van der Waals surface area contributed by atoms with Gasteiger partial charge in [0.05, 0.1) is 24.5 Å². The molecule has 0 bridgehead atoms. The third-order valence-electron chi connectivity index (χ3n) is 5.72. The second kappa shape index (κ2) is 13.3. The molecule has 182 valence electrons. The van der Waals surface area contributed by atoms with Crippen molar-refractivity contribution in [2.45, 2.75) is 25.4 Å². The molecule has 0 spiro atoms. The Kier molecular flexibility index (Phi) is 10.4. The molecular weight excluding hydrogens is 454 g/mol. The van der Waals surface area contributed by atoms with Crippen LogP contribution in [0.15, 0.2) is 79.1 Å². The van der Waals surface area contributed by atoms with Crippen LogP contribution >= 0.6 is 12.4 Å². The van der Waals surface area contributed by atoms with Gasteiger partial charge in [-0.25, -0.2) is 9.80 Å². The summed E-state index contributed by atoms with van der Waals surface area (Å²) in [7, 11) is 1.42. The van der Waals surface area contributed by atoms with Crippen LogP contribution in [-0.4, -0.2) is 47.8 Å². The summed E-state index contributed by atoms with van der Waals surface area (Å²) in [6, 6.07) is 22.2. The van der Waals surface area contributed by atoms with Crippen molar-refractivity contribution < 1.29 is 15.0 Å². The van der Waals surface area contributed by atoms with Gasteiger partial charge in [-0.05, 0) is 42.7 Å². The summed E-state index contributed by atoms with van der Waals surface area (Å²) in [6.45, 7) is 2.41. The van der Waals surface area contributed by atoms with Gasteiger partial charge in [0.1, 0.15) is 0 Å². The fraction of sp³-hybridized carbons (Fsp3) is 0.280. The zero-order valence-electron chi connectivity index (χ0n) is 19.2. The van der Waals surface area contributed by atoms with Gasteiger partial charge in [-0.2, -0.15) is 0 Å². The van der Waals surface area contributed by atoms with Crippen molar-refractivity contribution in [3.05, 3.63) is 84.7 Å². The molecule has 0 unspecified atom stereocenters. The maximum absolute atomic E-state index is 12.7. The molecule has 34 heavy (non-hydrogen) atoms. The first-order chi connectivity index (χ1) is 15.7. The first-order valence-corrected chi connectivity index (χ1v) is 10.9. The zero-order valence-corrected chi connectivity index (χ0v) is 20.0. The van der Waals surface area contributed by atoms with Crippen LogP contribution in [0.25, 0.3) is 0 Å². The molecule has 1 aliphatic rings. The van der Waals surface area contributed by atoms with E-state index in [2.05, 4.69) is 32.8 Å². The van der Waals surface area contributed by atoms with Crippen LogP contribution in [0.3, 0.4) is 0 Å². The Morgan fingerprint density at radius 2 is 1.62 bits per heavy atom. The minimum atomic E-state index is -0.384. The van der Waals surface area contributed by atoms with Crippen molar-refractivity contribution in [1.82, 2.24) is 9.99 Å². The number of hydrogen-bond donors (Lipinski definition) is 2. The third kappa shape index (κ3) is 6.76. The molecular formula is C25H32ClN5O3. The monoisotopic (exact) mass is 485 g/mol. The van der Waals surface area contributed by atoms with E-state index in [4.69, 9.17) is 4.74 Å². The first-order valence-electron chi connectivity index (χ1n) is 10.9. The average molecular weight is 486 g/mol. The summed E-state index contributed by atoms with van der Waals surface area (Å²) in [6.07, 6.45) is 4.91. The van der Waals surface area contributed by atoms with Crippen LogP contribution in [0.1, 0.15) is 18.4 Å². The van der Waals surface area contributed by atoms with Crippen LogP contribution in [0.5, 0.6) is 0 Å². The van der Waals surface area contributed by atoms with E-state index < -0.39 is 0 Å². The number of carbonyl (C=O) groups excluding carboxylic acids is 1. The molecule has 2 aromatic carbocycles. The van der Waals surface area contributed by atoms with Crippen LogP contribution in [0.2, 0.25) is 0 Å². The number of methoxy groups -OCH3 is 1. The highest BCUT2D eigenvalue weighted by molar-refractivity contribution is 5.85. The van der Waals surface area contributed by atoms with Crippen molar-refractivity contribution in [3.63, 3.8) is 0 Å². The van der Waals surface area contributed by atoms with Gasteiger partial charge >= 0.3 is 6.09 Å².